The van der Waals surface area contributed by atoms with Gasteiger partial charge in [0.15, 0.2) is 0 Å². The van der Waals surface area contributed by atoms with Crippen LogP contribution in [0, 0.1) is 11.3 Å². The fourth-order valence-corrected chi connectivity index (χ4v) is 4.25. The molecule has 9 heteroatoms. The van der Waals surface area contributed by atoms with Crippen LogP contribution in [0.5, 0.6) is 0 Å². The van der Waals surface area contributed by atoms with Crippen molar-refractivity contribution in [2.24, 2.45) is 0 Å². The van der Waals surface area contributed by atoms with E-state index in [2.05, 4.69) is 5.87 Å². The Bertz CT molecular complexity index is 812. The van der Waals surface area contributed by atoms with Crippen molar-refractivity contribution in [1.29, 1.82) is 5.26 Å². The third-order valence-corrected chi connectivity index (χ3v) is 6.04. The number of nitrogens with zero attached hydrogens (tertiary/aromatic N) is 2. The van der Waals surface area contributed by atoms with Crippen LogP contribution < -0.4 is 0 Å². The molecule has 23 heavy (non-hydrogen) atoms. The lowest BCUT2D eigenvalue weighted by atomic mass is 10.2. The van der Waals surface area contributed by atoms with Gasteiger partial charge in [0, 0.05) is 18.0 Å². The summed E-state index contributed by atoms with van der Waals surface area (Å²) in [5.74, 6) is 3.81. The predicted molar refractivity (Wildman–Crippen MR) is 86.8 cm³/mol. The van der Waals surface area contributed by atoms with Crippen molar-refractivity contribution in [3.8, 4) is 6.07 Å². The van der Waals surface area contributed by atoms with E-state index in [1.165, 1.54) is 0 Å². The highest BCUT2D eigenvalue weighted by Gasteiger charge is 2.28. The molecule has 0 N–H and O–H groups in total. The van der Waals surface area contributed by atoms with Gasteiger partial charge in [0.2, 0.25) is 0 Å². The number of hydrogen-bond acceptors (Lipinski definition) is 6. The van der Waals surface area contributed by atoms with E-state index in [-0.39, 0.29) is 13.2 Å². The Labute approximate surface area is 136 Å². The molecule has 0 spiro atoms. The number of ether oxygens (including phenoxy) is 1. The predicted octanol–water partition coefficient (Wildman–Crippen LogP) is 0.226. The summed E-state index contributed by atoms with van der Waals surface area (Å²) in [6.07, 6.45) is 0.450. The first-order chi connectivity index (χ1) is 10.7. The molecule has 1 saturated heterocycles. The third-order valence-electron chi connectivity index (χ3n) is 3.32. The lowest BCUT2D eigenvalue weighted by Gasteiger charge is -2.34. The monoisotopic (exact) mass is 358 g/mol. The number of rotatable bonds is 5. The zero-order valence-electron chi connectivity index (χ0n) is 12.7. The first-order valence-electron chi connectivity index (χ1n) is 6.81. The van der Waals surface area contributed by atoms with Crippen LogP contribution in [0.25, 0.3) is 0 Å². The standard InChI is InChI=1S/C14H18N2O5S2/c1-22(17,14-5-3-4-12(8-14)9-15)16-6-7-20-13(10-16)11-21-23(2,18)19/h3-5,8,13H,1,6-7,10-11H2,2H3. The average Bonchev–Trinajstić information content (AvgIpc) is 2.52. The van der Waals surface area contributed by atoms with Gasteiger partial charge >= 0.3 is 0 Å². The van der Waals surface area contributed by atoms with Crippen LogP contribution in [-0.2, 0) is 28.7 Å². The first-order valence-corrected chi connectivity index (χ1v) is 10.3. The minimum Gasteiger partial charge on any atom is -0.373 e. The fraction of sp³-hybridized carbons (Fsp3) is 0.429. The first kappa shape index (κ1) is 17.9. The van der Waals surface area contributed by atoms with Gasteiger partial charge < -0.3 is 4.74 Å². The lowest BCUT2D eigenvalue weighted by Crippen LogP contribution is -2.47. The number of benzene rings is 1. The van der Waals surface area contributed by atoms with Crippen LogP contribution >= 0.6 is 0 Å². The molecule has 1 aromatic carbocycles. The van der Waals surface area contributed by atoms with Gasteiger partial charge in [-0.15, -0.1) is 0 Å². The molecule has 0 aromatic heterocycles. The Hall–Kier alpha value is -1.44. The molecule has 2 atom stereocenters. The third kappa shape index (κ3) is 4.76. The summed E-state index contributed by atoms with van der Waals surface area (Å²) in [5.41, 5.74) is 0.407. The molecule has 0 amide bonds. The minimum atomic E-state index is -3.56. The molecule has 0 bridgehead atoms. The van der Waals surface area contributed by atoms with Crippen LogP contribution in [-0.4, -0.2) is 61.5 Å². The Kier molecular flexibility index (Phi) is 5.44. The van der Waals surface area contributed by atoms with E-state index in [1.54, 1.807) is 28.6 Å². The highest BCUT2D eigenvalue weighted by molar-refractivity contribution is 7.98. The Morgan fingerprint density at radius 1 is 1.48 bits per heavy atom. The van der Waals surface area contributed by atoms with Gasteiger partial charge in [0.1, 0.15) is 0 Å². The Morgan fingerprint density at radius 2 is 2.22 bits per heavy atom. The number of hydrogen-bond donors (Lipinski definition) is 0. The van der Waals surface area contributed by atoms with Crippen LogP contribution in [0.1, 0.15) is 5.56 Å². The van der Waals surface area contributed by atoms with Gasteiger partial charge in [0.05, 0.1) is 46.9 Å². The molecular weight excluding hydrogens is 340 g/mol. The number of morpholine rings is 1. The second-order valence-corrected chi connectivity index (χ2v) is 9.06. The summed E-state index contributed by atoms with van der Waals surface area (Å²) in [6, 6.07) is 8.50. The second kappa shape index (κ2) is 6.98. The lowest BCUT2D eigenvalue weighted by molar-refractivity contribution is -0.0225. The molecule has 2 unspecified atom stereocenters. The molecule has 2 rings (SSSR count). The highest BCUT2D eigenvalue weighted by atomic mass is 32.2. The maximum Gasteiger partial charge on any atom is 0.264 e. The minimum absolute atomic E-state index is 0.136. The van der Waals surface area contributed by atoms with Crippen LogP contribution in [0.15, 0.2) is 29.2 Å². The van der Waals surface area contributed by atoms with Crippen molar-refractivity contribution in [3.05, 3.63) is 29.8 Å². The maximum absolute atomic E-state index is 13.0. The van der Waals surface area contributed by atoms with E-state index in [0.29, 0.717) is 23.6 Å². The molecule has 1 fully saturated rings. The van der Waals surface area contributed by atoms with Crippen molar-refractivity contribution in [2.75, 3.05) is 32.6 Å². The summed E-state index contributed by atoms with van der Waals surface area (Å²) < 4.78 is 47.0. The average molecular weight is 358 g/mol. The van der Waals surface area contributed by atoms with Gasteiger partial charge in [-0.05, 0) is 24.1 Å². The second-order valence-electron chi connectivity index (χ2n) is 5.15. The zero-order valence-corrected chi connectivity index (χ0v) is 14.3. The quantitative estimate of drug-likeness (QED) is 0.552. The molecule has 0 aliphatic carbocycles. The SMILES string of the molecule is C=S(=O)(c1cccc(C#N)c1)N1CCOC(COS(C)(=O)=O)C1. The molecule has 1 heterocycles. The summed E-state index contributed by atoms with van der Waals surface area (Å²) >= 11 is 0. The molecule has 126 valence electrons. The van der Waals surface area contributed by atoms with Crippen molar-refractivity contribution >= 4 is 25.7 Å². The molecule has 1 aliphatic heterocycles. The molecule has 0 radical (unpaired) electrons. The van der Waals surface area contributed by atoms with Gasteiger partial charge in [-0.2, -0.15) is 13.7 Å². The van der Waals surface area contributed by atoms with Crippen molar-refractivity contribution in [1.82, 2.24) is 4.31 Å². The zero-order chi connectivity index (χ0) is 17.1. The van der Waals surface area contributed by atoms with Crippen molar-refractivity contribution < 1.29 is 21.5 Å². The summed E-state index contributed by atoms with van der Waals surface area (Å²) in [5, 5.41) is 8.96. The summed E-state index contributed by atoms with van der Waals surface area (Å²) in [7, 11) is -6.34. The van der Waals surface area contributed by atoms with Crippen molar-refractivity contribution in [3.63, 3.8) is 0 Å². The molecule has 1 aromatic rings. The molecule has 7 nitrogen and oxygen atoms in total. The molecular formula is C14H18N2O5S2. The summed E-state index contributed by atoms with van der Waals surface area (Å²) in [6.45, 7) is 0.786. The van der Waals surface area contributed by atoms with Crippen LogP contribution in [0.3, 0.4) is 0 Å². The summed E-state index contributed by atoms with van der Waals surface area (Å²) in [4.78, 5) is 0.459. The van der Waals surface area contributed by atoms with Gasteiger partial charge in [-0.25, -0.2) is 8.51 Å². The van der Waals surface area contributed by atoms with E-state index < -0.39 is 25.9 Å². The van der Waals surface area contributed by atoms with E-state index in [0.717, 1.165) is 6.26 Å². The van der Waals surface area contributed by atoms with E-state index in [9.17, 15) is 12.6 Å². The maximum atomic E-state index is 13.0. The molecule has 0 saturated carbocycles. The topological polar surface area (TPSA) is 96.7 Å². The highest BCUT2D eigenvalue weighted by Crippen LogP contribution is 2.20. The van der Waals surface area contributed by atoms with E-state index in [1.807, 2.05) is 6.07 Å². The van der Waals surface area contributed by atoms with E-state index in [4.69, 9.17) is 14.2 Å². The Morgan fingerprint density at radius 3 is 2.87 bits per heavy atom. The van der Waals surface area contributed by atoms with Gasteiger partial charge in [-0.1, -0.05) is 6.07 Å². The van der Waals surface area contributed by atoms with Crippen molar-refractivity contribution in [2.45, 2.75) is 11.0 Å². The smallest absolute Gasteiger partial charge is 0.264 e. The largest absolute Gasteiger partial charge is 0.373 e. The van der Waals surface area contributed by atoms with Gasteiger partial charge in [-0.3, -0.25) is 4.18 Å². The van der Waals surface area contributed by atoms with E-state index >= 15 is 0 Å². The fourth-order valence-electron chi connectivity index (χ4n) is 2.17. The van der Waals surface area contributed by atoms with Crippen LogP contribution in [0.4, 0.5) is 0 Å². The normalized spacial score (nSPS) is 22.2. The van der Waals surface area contributed by atoms with Gasteiger partial charge in [0.25, 0.3) is 10.1 Å². The number of nitriles is 1. The van der Waals surface area contributed by atoms with Crippen LogP contribution in [0.2, 0.25) is 0 Å². The molecule has 1 aliphatic rings. The Balaban J connectivity index is 2.14.